The van der Waals surface area contributed by atoms with Gasteiger partial charge < -0.3 is 24.8 Å². The molecule has 3 N–H and O–H groups in total. The fourth-order valence-corrected chi connectivity index (χ4v) is 2.31. The maximum atomic E-state index is 11.4. The van der Waals surface area contributed by atoms with E-state index < -0.39 is 5.97 Å². The molecule has 26 heavy (non-hydrogen) atoms. The van der Waals surface area contributed by atoms with Crippen LogP contribution in [-0.4, -0.2) is 35.5 Å². The lowest BCUT2D eigenvalue weighted by molar-refractivity contribution is -0.132. The van der Waals surface area contributed by atoms with Crippen LogP contribution in [0, 0.1) is 0 Å². The maximum absolute atomic E-state index is 11.4. The van der Waals surface area contributed by atoms with E-state index in [0.717, 1.165) is 0 Å². The van der Waals surface area contributed by atoms with E-state index in [4.69, 9.17) is 9.47 Å². The Labute approximate surface area is 151 Å². The van der Waals surface area contributed by atoms with Crippen LogP contribution in [0.25, 0.3) is 12.2 Å². The molecule has 136 valence electrons. The van der Waals surface area contributed by atoms with Gasteiger partial charge in [-0.3, -0.25) is 0 Å². The topological polar surface area (TPSA) is 96.2 Å². The summed E-state index contributed by atoms with van der Waals surface area (Å²) in [7, 11) is 2.87. The standard InChI is InChI=1S/C20H20O6/c1-25-17-11-14(12-18(26-2)19(17)22)4-3-5-15(20(23)24)10-13-6-8-16(21)9-7-13/h3-4,6-12,21-22H,5H2,1-2H3,(H,23,24). The van der Waals surface area contributed by atoms with E-state index in [0.29, 0.717) is 11.1 Å². The first-order valence-corrected chi connectivity index (χ1v) is 7.79. The number of aromatic hydroxyl groups is 2. The quantitative estimate of drug-likeness (QED) is 0.655. The molecule has 0 aromatic heterocycles. The van der Waals surface area contributed by atoms with Crippen molar-refractivity contribution in [2.45, 2.75) is 6.42 Å². The van der Waals surface area contributed by atoms with Crippen molar-refractivity contribution in [2.24, 2.45) is 0 Å². The van der Waals surface area contributed by atoms with Gasteiger partial charge in [0.05, 0.1) is 14.2 Å². The Balaban J connectivity index is 2.21. The molecule has 0 saturated carbocycles. The number of methoxy groups -OCH3 is 2. The number of rotatable bonds is 7. The summed E-state index contributed by atoms with van der Waals surface area (Å²) in [6.07, 6.45) is 5.16. The van der Waals surface area contributed by atoms with E-state index in [1.807, 2.05) is 0 Å². The van der Waals surface area contributed by atoms with Gasteiger partial charge in [0.25, 0.3) is 0 Å². The van der Waals surface area contributed by atoms with Crippen molar-refractivity contribution in [3.8, 4) is 23.0 Å². The number of carbonyl (C=O) groups is 1. The van der Waals surface area contributed by atoms with Gasteiger partial charge in [-0.25, -0.2) is 4.79 Å². The predicted octanol–water partition coefficient (Wildman–Crippen LogP) is 3.69. The Hall–Kier alpha value is -3.41. The van der Waals surface area contributed by atoms with Crippen LogP contribution in [0.1, 0.15) is 17.5 Å². The summed E-state index contributed by atoms with van der Waals surface area (Å²) in [4.78, 5) is 11.4. The number of carboxylic acids is 1. The molecule has 0 heterocycles. The van der Waals surface area contributed by atoms with Gasteiger partial charge in [0.2, 0.25) is 5.75 Å². The molecule has 0 unspecified atom stereocenters. The van der Waals surface area contributed by atoms with Gasteiger partial charge >= 0.3 is 5.97 Å². The number of allylic oxidation sites excluding steroid dienone is 1. The van der Waals surface area contributed by atoms with Crippen molar-refractivity contribution < 1.29 is 29.6 Å². The van der Waals surface area contributed by atoms with E-state index in [9.17, 15) is 20.1 Å². The number of hydrogen-bond acceptors (Lipinski definition) is 5. The summed E-state index contributed by atoms with van der Waals surface area (Å²) in [5.74, 6) is -0.465. The first-order valence-electron chi connectivity index (χ1n) is 7.79. The highest BCUT2D eigenvalue weighted by molar-refractivity contribution is 5.92. The van der Waals surface area contributed by atoms with Gasteiger partial charge in [0, 0.05) is 5.57 Å². The molecule has 0 atom stereocenters. The highest BCUT2D eigenvalue weighted by atomic mass is 16.5. The molecule has 6 nitrogen and oxygen atoms in total. The zero-order chi connectivity index (χ0) is 19.1. The number of aliphatic carboxylic acids is 1. The van der Waals surface area contributed by atoms with Crippen molar-refractivity contribution in [1.82, 2.24) is 0 Å². The fourth-order valence-electron chi connectivity index (χ4n) is 2.31. The average molecular weight is 356 g/mol. The van der Waals surface area contributed by atoms with E-state index in [1.165, 1.54) is 26.4 Å². The Morgan fingerprint density at radius 1 is 1.00 bits per heavy atom. The number of phenolic OH excluding ortho intramolecular Hbond substituents is 2. The molecule has 0 saturated heterocycles. The van der Waals surface area contributed by atoms with Crippen LogP contribution in [0.3, 0.4) is 0 Å². The van der Waals surface area contributed by atoms with Crippen LogP contribution in [0.4, 0.5) is 0 Å². The number of carboxylic acid groups (broad SMARTS) is 1. The monoisotopic (exact) mass is 356 g/mol. The molecule has 0 aliphatic rings. The first kappa shape index (κ1) is 18.9. The van der Waals surface area contributed by atoms with E-state index >= 15 is 0 Å². The minimum Gasteiger partial charge on any atom is -0.508 e. The third kappa shape index (κ3) is 4.80. The Morgan fingerprint density at radius 3 is 2.08 bits per heavy atom. The molecule has 0 amide bonds. The molecule has 0 bridgehead atoms. The smallest absolute Gasteiger partial charge is 0.331 e. The summed E-state index contributed by atoms with van der Waals surface area (Å²) in [6.45, 7) is 0. The summed E-state index contributed by atoms with van der Waals surface area (Å²) < 4.78 is 10.2. The van der Waals surface area contributed by atoms with Gasteiger partial charge in [-0.2, -0.15) is 0 Å². The molecular weight excluding hydrogens is 336 g/mol. The van der Waals surface area contributed by atoms with Crippen LogP contribution in [-0.2, 0) is 4.79 Å². The summed E-state index contributed by atoms with van der Waals surface area (Å²) in [5, 5.41) is 28.6. The molecule has 2 rings (SSSR count). The van der Waals surface area contributed by atoms with Crippen LogP contribution >= 0.6 is 0 Å². The number of phenols is 2. The Morgan fingerprint density at radius 2 is 1.58 bits per heavy atom. The van der Waals surface area contributed by atoms with Crippen molar-refractivity contribution >= 4 is 18.1 Å². The molecule has 2 aromatic carbocycles. The van der Waals surface area contributed by atoms with Crippen LogP contribution in [0.15, 0.2) is 48.0 Å². The highest BCUT2D eigenvalue weighted by Gasteiger charge is 2.10. The van der Waals surface area contributed by atoms with Crippen molar-refractivity contribution in [3.63, 3.8) is 0 Å². The second kappa shape index (κ2) is 8.62. The molecule has 6 heteroatoms. The number of ether oxygens (including phenoxy) is 2. The SMILES string of the molecule is COc1cc(C=CCC(=Cc2ccc(O)cc2)C(=O)O)cc(OC)c1O. The third-order valence-electron chi connectivity index (χ3n) is 3.66. The Kier molecular flexibility index (Phi) is 6.27. The van der Waals surface area contributed by atoms with Crippen LogP contribution in [0.5, 0.6) is 23.0 Å². The summed E-state index contributed by atoms with van der Waals surface area (Å²) in [6, 6.07) is 9.51. The number of hydrogen-bond donors (Lipinski definition) is 3. The zero-order valence-corrected chi connectivity index (χ0v) is 14.5. The average Bonchev–Trinajstić information content (AvgIpc) is 2.63. The van der Waals surface area contributed by atoms with E-state index in [-0.39, 0.29) is 35.0 Å². The lowest BCUT2D eigenvalue weighted by atomic mass is 10.1. The van der Waals surface area contributed by atoms with Gasteiger partial charge in [-0.05, 0) is 47.9 Å². The summed E-state index contributed by atoms with van der Waals surface area (Å²) in [5.41, 5.74) is 1.58. The van der Waals surface area contributed by atoms with Crippen molar-refractivity contribution in [3.05, 3.63) is 59.2 Å². The summed E-state index contributed by atoms with van der Waals surface area (Å²) >= 11 is 0. The van der Waals surface area contributed by atoms with Gasteiger partial charge in [-0.1, -0.05) is 24.3 Å². The molecule has 0 radical (unpaired) electrons. The molecular formula is C20H20O6. The lowest BCUT2D eigenvalue weighted by Crippen LogP contribution is -1.99. The highest BCUT2D eigenvalue weighted by Crippen LogP contribution is 2.37. The Bertz CT molecular complexity index is 809. The minimum absolute atomic E-state index is 0.0920. The predicted molar refractivity (Wildman–Crippen MR) is 98.6 cm³/mol. The largest absolute Gasteiger partial charge is 0.508 e. The number of benzene rings is 2. The third-order valence-corrected chi connectivity index (χ3v) is 3.66. The lowest BCUT2D eigenvalue weighted by Gasteiger charge is -2.09. The molecule has 0 spiro atoms. The van der Waals surface area contributed by atoms with Crippen LogP contribution < -0.4 is 9.47 Å². The molecule has 0 aliphatic heterocycles. The maximum Gasteiger partial charge on any atom is 0.331 e. The zero-order valence-electron chi connectivity index (χ0n) is 14.5. The van der Waals surface area contributed by atoms with Gasteiger partial charge in [0.1, 0.15) is 5.75 Å². The first-order chi connectivity index (χ1) is 12.4. The molecule has 0 fully saturated rings. The van der Waals surface area contributed by atoms with Crippen molar-refractivity contribution in [2.75, 3.05) is 14.2 Å². The second-order valence-electron chi connectivity index (χ2n) is 5.45. The van der Waals surface area contributed by atoms with Crippen molar-refractivity contribution in [1.29, 1.82) is 0 Å². The van der Waals surface area contributed by atoms with E-state index in [2.05, 4.69) is 0 Å². The fraction of sp³-hybridized carbons (Fsp3) is 0.150. The molecule has 2 aromatic rings. The molecule has 0 aliphatic carbocycles. The normalized spacial score (nSPS) is 11.5. The van der Waals surface area contributed by atoms with E-state index in [1.54, 1.807) is 42.5 Å². The second-order valence-corrected chi connectivity index (χ2v) is 5.45. The van der Waals surface area contributed by atoms with Crippen LogP contribution in [0.2, 0.25) is 0 Å². The van der Waals surface area contributed by atoms with Gasteiger partial charge in [0.15, 0.2) is 11.5 Å². The van der Waals surface area contributed by atoms with Gasteiger partial charge in [-0.15, -0.1) is 0 Å². The minimum atomic E-state index is -1.02.